The van der Waals surface area contributed by atoms with Gasteiger partial charge in [0.25, 0.3) is 0 Å². The molecule has 1 unspecified atom stereocenters. The average Bonchev–Trinajstić information content (AvgIpc) is 2.83. The number of rotatable bonds is 6. The van der Waals surface area contributed by atoms with E-state index in [1.807, 2.05) is 19.1 Å². The van der Waals surface area contributed by atoms with E-state index in [2.05, 4.69) is 9.51 Å². The monoisotopic (exact) mass is 332 g/mol. The zero-order valence-electron chi connectivity index (χ0n) is 12.3. The summed E-state index contributed by atoms with van der Waals surface area (Å²) in [6, 6.07) is 1.36. The SMILES string of the molecule is CC[C@@]1(OCO[PH](=O)O)C=C[C@H](n2ccc(N)nc2=O)C1.N. The van der Waals surface area contributed by atoms with E-state index in [0.717, 1.165) is 0 Å². The first-order valence-corrected chi connectivity index (χ1v) is 7.76. The second-order valence-corrected chi connectivity index (χ2v) is 5.58. The van der Waals surface area contributed by atoms with Crippen LogP contribution in [0.5, 0.6) is 0 Å². The molecule has 9 nitrogen and oxygen atoms in total. The van der Waals surface area contributed by atoms with E-state index < -0.39 is 19.5 Å². The van der Waals surface area contributed by atoms with E-state index in [4.69, 9.17) is 15.4 Å². The molecule has 124 valence electrons. The van der Waals surface area contributed by atoms with Crippen LogP contribution in [0.2, 0.25) is 0 Å². The van der Waals surface area contributed by atoms with Gasteiger partial charge in [-0.2, -0.15) is 4.98 Å². The standard InChI is InChI=1S/C12H18N3O5P.H3N/c1-2-12(19-8-20-21(17)18)5-3-9(7-12)15-6-4-10(13)14-11(15)16;/h3-6,9,21H,2,7-8H2,1H3,(H,17,18)(H2,13,14,16);1H3/t9-,12+;/m0./s1. The molecule has 0 spiro atoms. The number of ether oxygens (including phenoxy) is 1. The van der Waals surface area contributed by atoms with Crippen LogP contribution in [0.15, 0.2) is 29.2 Å². The Kier molecular flexibility index (Phi) is 6.46. The van der Waals surface area contributed by atoms with E-state index in [0.29, 0.717) is 12.8 Å². The zero-order valence-corrected chi connectivity index (χ0v) is 13.3. The van der Waals surface area contributed by atoms with Gasteiger partial charge in [0.05, 0.1) is 11.6 Å². The maximum Gasteiger partial charge on any atom is 0.350 e. The van der Waals surface area contributed by atoms with Crippen LogP contribution in [-0.2, 0) is 13.8 Å². The highest BCUT2D eigenvalue weighted by Crippen LogP contribution is 2.36. The number of allylic oxidation sites excluding steroid dienone is 1. The first-order chi connectivity index (χ1) is 9.96. The molecule has 0 radical (unpaired) electrons. The first kappa shape index (κ1) is 18.5. The molecule has 0 amide bonds. The highest BCUT2D eigenvalue weighted by molar-refractivity contribution is 7.32. The minimum Gasteiger partial charge on any atom is -0.383 e. The van der Waals surface area contributed by atoms with Crippen LogP contribution in [0, 0.1) is 0 Å². The van der Waals surface area contributed by atoms with E-state index in [1.165, 1.54) is 4.57 Å². The molecule has 1 heterocycles. The normalized spacial score (nSPS) is 24.9. The van der Waals surface area contributed by atoms with Crippen LogP contribution >= 0.6 is 8.25 Å². The van der Waals surface area contributed by atoms with Crippen LogP contribution in [0.4, 0.5) is 5.82 Å². The van der Waals surface area contributed by atoms with Crippen molar-refractivity contribution in [1.29, 1.82) is 0 Å². The number of anilines is 1. The third kappa shape index (κ3) is 4.25. The van der Waals surface area contributed by atoms with Crippen LogP contribution in [0.3, 0.4) is 0 Å². The van der Waals surface area contributed by atoms with Gasteiger partial charge < -0.3 is 21.5 Å². The lowest BCUT2D eigenvalue weighted by Crippen LogP contribution is -2.32. The maximum atomic E-state index is 11.8. The molecule has 22 heavy (non-hydrogen) atoms. The summed E-state index contributed by atoms with van der Waals surface area (Å²) in [5.74, 6) is 0.178. The maximum absolute atomic E-state index is 11.8. The number of hydrogen-bond acceptors (Lipinski definition) is 7. The van der Waals surface area contributed by atoms with Crippen molar-refractivity contribution in [3.8, 4) is 0 Å². The Bertz CT molecular complexity index is 620. The Hall–Kier alpha value is -1.51. The molecule has 0 fully saturated rings. The van der Waals surface area contributed by atoms with Gasteiger partial charge in [0, 0.05) is 12.6 Å². The molecule has 0 bridgehead atoms. The van der Waals surface area contributed by atoms with Gasteiger partial charge in [-0.15, -0.1) is 0 Å². The van der Waals surface area contributed by atoms with E-state index in [9.17, 15) is 9.36 Å². The van der Waals surface area contributed by atoms with Crippen molar-refractivity contribution in [2.24, 2.45) is 0 Å². The van der Waals surface area contributed by atoms with Crippen molar-refractivity contribution >= 4 is 14.1 Å². The Balaban J connectivity index is 0.00000242. The predicted molar refractivity (Wildman–Crippen MR) is 82.0 cm³/mol. The fraction of sp³-hybridized carbons (Fsp3) is 0.500. The number of nitrogen functional groups attached to an aromatic ring is 1. The van der Waals surface area contributed by atoms with E-state index in [1.54, 1.807) is 12.3 Å². The van der Waals surface area contributed by atoms with Gasteiger partial charge in [0.15, 0.2) is 6.79 Å². The number of aromatic nitrogens is 2. The predicted octanol–water partition coefficient (Wildman–Crippen LogP) is 1.01. The lowest BCUT2D eigenvalue weighted by Gasteiger charge is -2.27. The fourth-order valence-corrected chi connectivity index (χ4v) is 2.47. The van der Waals surface area contributed by atoms with Gasteiger partial charge in [0.1, 0.15) is 5.82 Å². The van der Waals surface area contributed by atoms with Crippen LogP contribution in [-0.4, -0.2) is 26.8 Å². The van der Waals surface area contributed by atoms with Gasteiger partial charge in [-0.1, -0.05) is 19.1 Å². The molecule has 1 aliphatic carbocycles. The Morgan fingerprint density at radius 2 is 2.36 bits per heavy atom. The Labute approximate surface area is 128 Å². The van der Waals surface area contributed by atoms with E-state index >= 15 is 0 Å². The molecule has 1 aliphatic rings. The molecule has 1 aromatic heterocycles. The lowest BCUT2D eigenvalue weighted by molar-refractivity contribution is -0.0841. The Morgan fingerprint density at radius 3 is 2.95 bits per heavy atom. The van der Waals surface area contributed by atoms with Crippen molar-refractivity contribution in [2.45, 2.75) is 31.4 Å². The van der Waals surface area contributed by atoms with Crippen LogP contribution in [0.25, 0.3) is 0 Å². The van der Waals surface area contributed by atoms with Crippen molar-refractivity contribution in [2.75, 3.05) is 12.5 Å². The van der Waals surface area contributed by atoms with Crippen LogP contribution < -0.4 is 17.6 Å². The summed E-state index contributed by atoms with van der Waals surface area (Å²) in [6.45, 7) is 1.66. The highest BCUT2D eigenvalue weighted by atomic mass is 31.1. The molecular formula is C12H21N4O5P. The number of hydrogen-bond donors (Lipinski definition) is 3. The first-order valence-electron chi connectivity index (χ1n) is 6.49. The van der Waals surface area contributed by atoms with Crippen molar-refractivity contribution in [1.82, 2.24) is 15.7 Å². The smallest absolute Gasteiger partial charge is 0.350 e. The second kappa shape index (κ2) is 7.66. The molecule has 1 aromatic rings. The Morgan fingerprint density at radius 1 is 1.64 bits per heavy atom. The zero-order chi connectivity index (χ0) is 15.5. The third-order valence-electron chi connectivity index (χ3n) is 3.51. The van der Waals surface area contributed by atoms with Crippen molar-refractivity contribution in [3.05, 3.63) is 34.9 Å². The minimum absolute atomic E-state index is 0. The molecule has 2 rings (SSSR count). The van der Waals surface area contributed by atoms with E-state index in [-0.39, 0.29) is 24.8 Å². The molecule has 0 aliphatic heterocycles. The van der Waals surface area contributed by atoms with Gasteiger partial charge in [-0.25, -0.2) is 4.79 Å². The summed E-state index contributed by atoms with van der Waals surface area (Å²) in [5, 5.41) is 0. The van der Waals surface area contributed by atoms with Crippen LogP contribution in [0.1, 0.15) is 25.8 Å². The second-order valence-electron chi connectivity index (χ2n) is 4.76. The molecular weight excluding hydrogens is 311 g/mol. The van der Waals surface area contributed by atoms with Gasteiger partial charge in [0.2, 0.25) is 0 Å². The van der Waals surface area contributed by atoms with Gasteiger partial charge in [-0.05, 0) is 12.5 Å². The molecule has 0 aromatic carbocycles. The molecule has 0 saturated carbocycles. The summed E-state index contributed by atoms with van der Waals surface area (Å²) in [5.41, 5.74) is 4.42. The quantitative estimate of drug-likeness (QED) is 0.396. The van der Waals surface area contributed by atoms with Gasteiger partial charge in [-0.3, -0.25) is 13.7 Å². The third-order valence-corrected chi connectivity index (χ3v) is 3.88. The molecule has 3 atom stereocenters. The number of nitrogens with zero attached hydrogens (tertiary/aromatic N) is 2. The highest BCUT2D eigenvalue weighted by Gasteiger charge is 2.35. The van der Waals surface area contributed by atoms with Crippen molar-refractivity contribution < 1.29 is 18.7 Å². The van der Waals surface area contributed by atoms with Gasteiger partial charge >= 0.3 is 13.9 Å². The lowest BCUT2D eigenvalue weighted by atomic mass is 9.99. The summed E-state index contributed by atoms with van der Waals surface area (Å²) in [4.78, 5) is 24.2. The summed E-state index contributed by atoms with van der Waals surface area (Å²) in [6.07, 6.45) is 6.45. The topological polar surface area (TPSA) is 152 Å². The number of nitrogens with two attached hydrogens (primary N) is 1. The molecule has 0 saturated heterocycles. The molecule has 10 heteroatoms. The summed E-state index contributed by atoms with van der Waals surface area (Å²) < 4.78 is 22.1. The van der Waals surface area contributed by atoms with Crippen molar-refractivity contribution in [3.63, 3.8) is 0 Å². The molecule has 6 N–H and O–H groups in total. The fourth-order valence-electron chi connectivity index (χ4n) is 2.31. The summed E-state index contributed by atoms with van der Waals surface area (Å²) in [7, 11) is -3.02. The largest absolute Gasteiger partial charge is 0.383 e. The minimum atomic E-state index is -3.02. The summed E-state index contributed by atoms with van der Waals surface area (Å²) >= 11 is 0. The average molecular weight is 332 g/mol.